The first kappa shape index (κ1) is 8.35. The molecule has 0 saturated heterocycles. The highest BCUT2D eigenvalue weighted by Gasteiger charge is 2.06. The van der Waals surface area contributed by atoms with Crippen LogP contribution in [0.1, 0.15) is 11.4 Å². The van der Waals surface area contributed by atoms with Crippen LogP contribution in [0.15, 0.2) is 24.7 Å². The average Bonchev–Trinajstić information content (AvgIpc) is 2.69. The molecule has 0 aliphatic carbocycles. The fourth-order valence-electron chi connectivity index (χ4n) is 1.77. The zero-order chi connectivity index (χ0) is 10.4. The Morgan fingerprint density at radius 1 is 1.13 bits per heavy atom. The lowest BCUT2D eigenvalue weighted by Crippen LogP contribution is -1.96. The summed E-state index contributed by atoms with van der Waals surface area (Å²) >= 11 is 0. The SMILES string of the molecule is Cc1ccc2nc(C)c3cncn3c2n1. The first-order chi connectivity index (χ1) is 7.25. The van der Waals surface area contributed by atoms with Gasteiger partial charge in [0.15, 0.2) is 5.65 Å². The van der Waals surface area contributed by atoms with E-state index in [0.717, 1.165) is 28.1 Å². The van der Waals surface area contributed by atoms with Crippen LogP contribution >= 0.6 is 0 Å². The molecule has 3 heterocycles. The first-order valence-corrected chi connectivity index (χ1v) is 4.82. The Kier molecular flexibility index (Phi) is 1.54. The number of nitrogens with zero attached hydrogens (tertiary/aromatic N) is 4. The van der Waals surface area contributed by atoms with Crippen molar-refractivity contribution in [1.82, 2.24) is 19.4 Å². The number of rotatable bonds is 0. The molecular formula is C11H10N4. The number of hydrogen-bond acceptors (Lipinski definition) is 3. The van der Waals surface area contributed by atoms with Gasteiger partial charge in [-0.3, -0.25) is 4.40 Å². The van der Waals surface area contributed by atoms with Crippen molar-refractivity contribution >= 4 is 16.7 Å². The molecular weight excluding hydrogens is 188 g/mol. The van der Waals surface area contributed by atoms with Crippen LogP contribution in [0.2, 0.25) is 0 Å². The minimum absolute atomic E-state index is 0.869. The van der Waals surface area contributed by atoms with Gasteiger partial charge in [0.2, 0.25) is 0 Å². The summed E-state index contributed by atoms with van der Waals surface area (Å²) in [7, 11) is 0. The molecule has 0 N–H and O–H groups in total. The molecule has 0 fully saturated rings. The zero-order valence-electron chi connectivity index (χ0n) is 8.60. The molecule has 3 rings (SSSR count). The number of fused-ring (bicyclic) bond motifs is 3. The van der Waals surface area contributed by atoms with Crippen LogP contribution in [0.3, 0.4) is 0 Å². The van der Waals surface area contributed by atoms with Crippen LogP contribution in [-0.2, 0) is 0 Å². The molecule has 0 amide bonds. The monoisotopic (exact) mass is 198 g/mol. The molecule has 0 radical (unpaired) electrons. The van der Waals surface area contributed by atoms with E-state index >= 15 is 0 Å². The van der Waals surface area contributed by atoms with Gasteiger partial charge in [-0.05, 0) is 26.0 Å². The van der Waals surface area contributed by atoms with E-state index in [9.17, 15) is 0 Å². The Morgan fingerprint density at radius 2 is 2.00 bits per heavy atom. The molecule has 4 nitrogen and oxygen atoms in total. The van der Waals surface area contributed by atoms with Gasteiger partial charge < -0.3 is 0 Å². The van der Waals surface area contributed by atoms with Crippen molar-refractivity contribution in [3.8, 4) is 0 Å². The van der Waals surface area contributed by atoms with E-state index in [4.69, 9.17) is 0 Å². The van der Waals surface area contributed by atoms with Crippen LogP contribution in [0, 0.1) is 13.8 Å². The van der Waals surface area contributed by atoms with Gasteiger partial charge in [0.25, 0.3) is 0 Å². The van der Waals surface area contributed by atoms with Crippen molar-refractivity contribution in [3.63, 3.8) is 0 Å². The van der Waals surface area contributed by atoms with Gasteiger partial charge in [0.1, 0.15) is 11.8 Å². The lowest BCUT2D eigenvalue weighted by Gasteiger charge is -2.03. The van der Waals surface area contributed by atoms with Crippen molar-refractivity contribution in [2.24, 2.45) is 0 Å². The predicted molar refractivity (Wildman–Crippen MR) is 57.8 cm³/mol. The fraction of sp³-hybridized carbons (Fsp3) is 0.182. The molecule has 0 aromatic carbocycles. The molecule has 0 unspecified atom stereocenters. The Hall–Kier alpha value is -1.97. The molecule has 0 atom stereocenters. The molecule has 74 valence electrons. The third kappa shape index (κ3) is 1.11. The van der Waals surface area contributed by atoms with E-state index in [-0.39, 0.29) is 0 Å². The van der Waals surface area contributed by atoms with Crippen molar-refractivity contribution in [3.05, 3.63) is 36.0 Å². The predicted octanol–water partition coefficient (Wildman–Crippen LogP) is 1.89. The van der Waals surface area contributed by atoms with Crippen molar-refractivity contribution in [1.29, 1.82) is 0 Å². The average molecular weight is 198 g/mol. The molecule has 0 aliphatic heterocycles. The number of aryl methyl sites for hydroxylation is 2. The van der Waals surface area contributed by atoms with E-state index < -0.39 is 0 Å². The van der Waals surface area contributed by atoms with E-state index in [2.05, 4.69) is 15.0 Å². The van der Waals surface area contributed by atoms with Crippen LogP contribution in [0.4, 0.5) is 0 Å². The van der Waals surface area contributed by atoms with Gasteiger partial charge in [-0.2, -0.15) is 0 Å². The number of imidazole rings is 1. The van der Waals surface area contributed by atoms with Gasteiger partial charge in [-0.1, -0.05) is 0 Å². The Labute approximate surface area is 86.6 Å². The van der Waals surface area contributed by atoms with Gasteiger partial charge in [-0.15, -0.1) is 0 Å². The van der Waals surface area contributed by atoms with Crippen molar-refractivity contribution in [2.75, 3.05) is 0 Å². The minimum atomic E-state index is 0.869. The highest BCUT2D eigenvalue weighted by atomic mass is 15.1. The molecule has 3 aromatic rings. The lowest BCUT2D eigenvalue weighted by molar-refractivity contribution is 1.09. The zero-order valence-corrected chi connectivity index (χ0v) is 8.60. The first-order valence-electron chi connectivity index (χ1n) is 4.82. The third-order valence-corrected chi connectivity index (χ3v) is 2.52. The summed E-state index contributed by atoms with van der Waals surface area (Å²) in [4.78, 5) is 13.1. The van der Waals surface area contributed by atoms with Crippen LogP contribution < -0.4 is 0 Å². The lowest BCUT2D eigenvalue weighted by atomic mass is 10.3. The topological polar surface area (TPSA) is 43.1 Å². The second-order valence-corrected chi connectivity index (χ2v) is 3.64. The molecule has 15 heavy (non-hydrogen) atoms. The quantitative estimate of drug-likeness (QED) is 0.554. The van der Waals surface area contributed by atoms with Crippen LogP contribution in [0.25, 0.3) is 16.7 Å². The Balaban J connectivity index is 2.61. The number of hydrogen-bond donors (Lipinski definition) is 0. The van der Waals surface area contributed by atoms with E-state index in [1.165, 1.54) is 0 Å². The summed E-state index contributed by atoms with van der Waals surface area (Å²) in [5, 5.41) is 0. The van der Waals surface area contributed by atoms with Crippen LogP contribution in [0.5, 0.6) is 0 Å². The molecule has 0 spiro atoms. The number of aromatic nitrogens is 4. The number of pyridine rings is 1. The maximum atomic E-state index is 4.49. The summed E-state index contributed by atoms with van der Waals surface area (Å²) < 4.78 is 1.98. The summed E-state index contributed by atoms with van der Waals surface area (Å²) in [6, 6.07) is 3.96. The van der Waals surface area contributed by atoms with Gasteiger partial charge in [0, 0.05) is 5.69 Å². The van der Waals surface area contributed by atoms with Gasteiger partial charge in [-0.25, -0.2) is 15.0 Å². The molecule has 3 aromatic heterocycles. The van der Waals surface area contributed by atoms with Crippen LogP contribution in [-0.4, -0.2) is 19.4 Å². The van der Waals surface area contributed by atoms with Gasteiger partial charge in [0.05, 0.1) is 17.4 Å². The van der Waals surface area contributed by atoms with Crippen molar-refractivity contribution < 1.29 is 0 Å². The summed E-state index contributed by atoms with van der Waals surface area (Å²) in [5.41, 5.74) is 4.76. The normalized spacial score (nSPS) is 11.3. The second kappa shape index (κ2) is 2.76. The Bertz CT molecular complexity index is 654. The molecule has 0 saturated carbocycles. The summed E-state index contributed by atoms with van der Waals surface area (Å²) in [6.07, 6.45) is 3.59. The fourth-order valence-corrected chi connectivity index (χ4v) is 1.77. The van der Waals surface area contributed by atoms with E-state index in [1.54, 1.807) is 6.33 Å². The summed E-state index contributed by atoms with van der Waals surface area (Å²) in [6.45, 7) is 3.96. The summed E-state index contributed by atoms with van der Waals surface area (Å²) in [5.74, 6) is 0. The smallest absolute Gasteiger partial charge is 0.164 e. The Morgan fingerprint density at radius 3 is 2.87 bits per heavy atom. The van der Waals surface area contributed by atoms with E-state index in [0.29, 0.717) is 0 Å². The standard InChI is InChI=1S/C11H10N4/c1-7-3-4-9-11(13-7)15-6-12-5-10(15)8(2)14-9/h3-6H,1-2H3. The van der Waals surface area contributed by atoms with E-state index in [1.807, 2.05) is 36.6 Å². The minimum Gasteiger partial charge on any atom is -0.280 e. The maximum absolute atomic E-state index is 4.49. The highest BCUT2D eigenvalue weighted by molar-refractivity contribution is 5.75. The third-order valence-electron chi connectivity index (χ3n) is 2.52. The molecule has 0 aliphatic rings. The highest BCUT2D eigenvalue weighted by Crippen LogP contribution is 2.15. The molecule has 0 bridgehead atoms. The largest absolute Gasteiger partial charge is 0.280 e. The van der Waals surface area contributed by atoms with Gasteiger partial charge >= 0.3 is 0 Å². The molecule has 4 heteroatoms. The van der Waals surface area contributed by atoms with Crippen molar-refractivity contribution in [2.45, 2.75) is 13.8 Å². The second-order valence-electron chi connectivity index (χ2n) is 3.64. The maximum Gasteiger partial charge on any atom is 0.164 e.